The molecule has 6 heteroatoms. The largest absolute Gasteiger partial charge is 0.444 e. The van der Waals surface area contributed by atoms with Gasteiger partial charge in [-0.2, -0.15) is 0 Å². The number of ether oxygens (including phenoxy) is 1. The van der Waals surface area contributed by atoms with Crippen molar-refractivity contribution in [2.24, 2.45) is 5.73 Å². The van der Waals surface area contributed by atoms with E-state index in [4.69, 9.17) is 10.5 Å². The Morgan fingerprint density at radius 2 is 2.00 bits per heavy atom. The summed E-state index contributed by atoms with van der Waals surface area (Å²) in [5.74, 6) is -0.0720. The van der Waals surface area contributed by atoms with E-state index in [0.29, 0.717) is 19.6 Å². The molecule has 2 atom stereocenters. The van der Waals surface area contributed by atoms with Gasteiger partial charge in [0.25, 0.3) is 0 Å². The molecule has 1 aliphatic heterocycles. The second kappa shape index (κ2) is 7.81. The van der Waals surface area contributed by atoms with Crippen LogP contribution in [0, 0.1) is 0 Å². The number of nitrogens with two attached hydrogens (primary N) is 1. The summed E-state index contributed by atoms with van der Waals surface area (Å²) in [7, 11) is 0. The monoisotopic (exact) mass is 313 g/mol. The predicted molar refractivity (Wildman–Crippen MR) is 86.5 cm³/mol. The molecule has 1 saturated heterocycles. The molecule has 22 heavy (non-hydrogen) atoms. The molecule has 1 fully saturated rings. The average molecular weight is 313 g/mol. The molecule has 0 spiro atoms. The minimum Gasteiger partial charge on any atom is -0.444 e. The van der Waals surface area contributed by atoms with Crippen LogP contribution in [0.25, 0.3) is 0 Å². The first-order chi connectivity index (χ1) is 10.2. The maximum absolute atomic E-state index is 12.4. The van der Waals surface area contributed by atoms with Crippen LogP contribution in [0.15, 0.2) is 0 Å². The van der Waals surface area contributed by atoms with Crippen LogP contribution < -0.4 is 5.73 Å². The van der Waals surface area contributed by atoms with E-state index in [2.05, 4.69) is 0 Å². The molecule has 0 saturated carbocycles. The van der Waals surface area contributed by atoms with E-state index in [1.165, 1.54) is 0 Å². The van der Waals surface area contributed by atoms with Crippen LogP contribution in [0.3, 0.4) is 0 Å². The minimum absolute atomic E-state index is 0.00579. The van der Waals surface area contributed by atoms with Gasteiger partial charge in [-0.25, -0.2) is 4.79 Å². The van der Waals surface area contributed by atoms with Gasteiger partial charge in [0.1, 0.15) is 5.60 Å². The summed E-state index contributed by atoms with van der Waals surface area (Å²) >= 11 is 0. The summed E-state index contributed by atoms with van der Waals surface area (Å²) in [5.41, 5.74) is 5.19. The van der Waals surface area contributed by atoms with Crippen molar-refractivity contribution in [1.82, 2.24) is 9.80 Å². The van der Waals surface area contributed by atoms with Crippen LogP contribution >= 0.6 is 0 Å². The Bertz CT molecular complexity index is 391. The van der Waals surface area contributed by atoms with Crippen LogP contribution in [-0.2, 0) is 9.53 Å². The molecule has 2 N–H and O–H groups in total. The maximum Gasteiger partial charge on any atom is 0.410 e. The molecule has 128 valence electrons. The molecule has 1 unspecified atom stereocenters. The third kappa shape index (κ3) is 5.48. The first-order valence-electron chi connectivity index (χ1n) is 8.19. The van der Waals surface area contributed by atoms with Crippen molar-refractivity contribution < 1.29 is 14.3 Å². The lowest BCUT2D eigenvalue weighted by molar-refractivity contribution is -0.133. The Kier molecular flexibility index (Phi) is 6.66. The molecular weight excluding hydrogens is 282 g/mol. The molecule has 0 radical (unpaired) electrons. The molecule has 1 heterocycles. The summed E-state index contributed by atoms with van der Waals surface area (Å²) in [6.45, 7) is 11.0. The van der Waals surface area contributed by atoms with Gasteiger partial charge in [-0.05, 0) is 53.9 Å². The average Bonchev–Trinajstić information content (AvgIpc) is 2.42. The SMILES string of the molecule is CCN(CC1CCCCN1C(=O)OC(C)(C)C)C(=O)[C@H](C)N. The fourth-order valence-electron chi connectivity index (χ4n) is 2.67. The van der Waals surface area contributed by atoms with E-state index >= 15 is 0 Å². The number of hydrogen-bond acceptors (Lipinski definition) is 4. The van der Waals surface area contributed by atoms with Crippen molar-refractivity contribution in [3.63, 3.8) is 0 Å². The van der Waals surface area contributed by atoms with Crippen molar-refractivity contribution in [3.8, 4) is 0 Å². The Hall–Kier alpha value is -1.30. The van der Waals surface area contributed by atoms with Crippen LogP contribution in [-0.4, -0.2) is 59.1 Å². The number of piperidine rings is 1. The molecular formula is C16H31N3O3. The summed E-state index contributed by atoms with van der Waals surface area (Å²) in [5, 5.41) is 0. The quantitative estimate of drug-likeness (QED) is 0.861. The number of carbonyl (C=O) groups excluding carboxylic acids is 2. The molecule has 0 aromatic rings. The van der Waals surface area contributed by atoms with Crippen molar-refractivity contribution in [2.45, 2.75) is 71.6 Å². The summed E-state index contributed by atoms with van der Waals surface area (Å²) in [6, 6.07) is -0.509. The standard InChI is InChI=1S/C16H31N3O3/c1-6-18(14(20)12(2)17)11-13-9-7-8-10-19(13)15(21)22-16(3,4)5/h12-13H,6-11,17H2,1-5H3/t12-,13?/m0/s1. The van der Waals surface area contributed by atoms with Crippen molar-refractivity contribution in [2.75, 3.05) is 19.6 Å². The normalized spacial score (nSPS) is 20.5. The lowest BCUT2D eigenvalue weighted by atomic mass is 10.0. The van der Waals surface area contributed by atoms with E-state index < -0.39 is 11.6 Å². The smallest absolute Gasteiger partial charge is 0.410 e. The molecule has 6 nitrogen and oxygen atoms in total. The highest BCUT2D eigenvalue weighted by atomic mass is 16.6. The highest BCUT2D eigenvalue weighted by Crippen LogP contribution is 2.21. The number of likely N-dealkylation sites (N-methyl/N-ethyl adjacent to an activating group) is 1. The van der Waals surface area contributed by atoms with Gasteiger partial charge in [0.05, 0.1) is 12.1 Å². The number of carbonyl (C=O) groups is 2. The Morgan fingerprint density at radius 3 is 2.50 bits per heavy atom. The first-order valence-corrected chi connectivity index (χ1v) is 8.19. The fraction of sp³-hybridized carbons (Fsp3) is 0.875. The summed E-state index contributed by atoms with van der Waals surface area (Å²) < 4.78 is 5.49. The molecule has 0 bridgehead atoms. The van der Waals surface area contributed by atoms with Crippen LogP contribution in [0.4, 0.5) is 4.79 Å². The lowest BCUT2D eigenvalue weighted by Crippen LogP contribution is -2.53. The van der Waals surface area contributed by atoms with E-state index in [0.717, 1.165) is 19.3 Å². The van der Waals surface area contributed by atoms with Crippen molar-refractivity contribution in [1.29, 1.82) is 0 Å². The van der Waals surface area contributed by atoms with Crippen LogP contribution in [0.2, 0.25) is 0 Å². The molecule has 1 rings (SSSR count). The number of likely N-dealkylation sites (tertiary alicyclic amines) is 1. The second-order valence-electron chi connectivity index (χ2n) is 6.99. The third-order valence-corrected chi connectivity index (χ3v) is 3.77. The fourth-order valence-corrected chi connectivity index (χ4v) is 2.67. The van der Waals surface area contributed by atoms with Gasteiger partial charge in [0, 0.05) is 19.6 Å². The van der Waals surface area contributed by atoms with Gasteiger partial charge in [-0.15, -0.1) is 0 Å². The Balaban J connectivity index is 2.76. The van der Waals surface area contributed by atoms with Crippen LogP contribution in [0.5, 0.6) is 0 Å². The highest BCUT2D eigenvalue weighted by Gasteiger charge is 2.32. The summed E-state index contributed by atoms with van der Waals surface area (Å²) in [4.78, 5) is 28.0. The number of rotatable bonds is 4. The third-order valence-electron chi connectivity index (χ3n) is 3.77. The number of hydrogen-bond donors (Lipinski definition) is 1. The van der Waals surface area contributed by atoms with E-state index in [9.17, 15) is 9.59 Å². The highest BCUT2D eigenvalue weighted by molar-refractivity contribution is 5.81. The van der Waals surface area contributed by atoms with E-state index in [-0.39, 0.29) is 18.0 Å². The first kappa shape index (κ1) is 18.7. The zero-order valence-corrected chi connectivity index (χ0v) is 14.6. The molecule has 0 aromatic carbocycles. The molecule has 1 aliphatic rings. The van der Waals surface area contributed by atoms with Gasteiger partial charge in [0.15, 0.2) is 0 Å². The second-order valence-corrected chi connectivity index (χ2v) is 6.99. The van der Waals surface area contributed by atoms with Crippen molar-refractivity contribution >= 4 is 12.0 Å². The van der Waals surface area contributed by atoms with Gasteiger partial charge in [0.2, 0.25) is 5.91 Å². The van der Waals surface area contributed by atoms with Gasteiger partial charge in [-0.1, -0.05) is 0 Å². The van der Waals surface area contributed by atoms with E-state index in [1.807, 2.05) is 27.7 Å². The Labute approximate surface area is 134 Å². The summed E-state index contributed by atoms with van der Waals surface area (Å²) in [6.07, 6.45) is 2.64. The van der Waals surface area contributed by atoms with Crippen LogP contribution in [0.1, 0.15) is 53.9 Å². The van der Waals surface area contributed by atoms with Crippen molar-refractivity contribution in [3.05, 3.63) is 0 Å². The zero-order valence-electron chi connectivity index (χ0n) is 14.6. The van der Waals surface area contributed by atoms with Gasteiger partial charge < -0.3 is 20.3 Å². The number of nitrogens with zero attached hydrogens (tertiary/aromatic N) is 2. The molecule has 2 amide bonds. The maximum atomic E-state index is 12.4. The van der Waals surface area contributed by atoms with E-state index in [1.54, 1.807) is 16.7 Å². The lowest BCUT2D eigenvalue weighted by Gasteiger charge is -2.39. The minimum atomic E-state index is -0.515. The molecule has 0 aromatic heterocycles. The molecule has 0 aliphatic carbocycles. The predicted octanol–water partition coefficient (Wildman–Crippen LogP) is 1.97. The zero-order chi connectivity index (χ0) is 16.9. The van der Waals surface area contributed by atoms with Gasteiger partial charge >= 0.3 is 6.09 Å². The topological polar surface area (TPSA) is 75.9 Å². The Morgan fingerprint density at radius 1 is 1.36 bits per heavy atom. The number of amides is 2. The van der Waals surface area contributed by atoms with Gasteiger partial charge in [-0.3, -0.25) is 4.79 Å².